The third-order valence-corrected chi connectivity index (χ3v) is 4.63. The number of aliphatic carboxylic acids is 1. The molecule has 2 N–H and O–H groups in total. The molecule has 6 heteroatoms. The molecular formula is C20H21NO5. The number of likely N-dealkylation sites (tertiary alicyclic amines) is 1. The van der Waals surface area contributed by atoms with Crippen LogP contribution in [-0.2, 0) is 11.4 Å². The molecule has 0 bridgehead atoms. The van der Waals surface area contributed by atoms with Gasteiger partial charge in [-0.15, -0.1) is 0 Å². The van der Waals surface area contributed by atoms with Gasteiger partial charge in [0.2, 0.25) is 0 Å². The van der Waals surface area contributed by atoms with E-state index in [1.54, 1.807) is 29.2 Å². The van der Waals surface area contributed by atoms with Crippen LogP contribution in [0, 0.1) is 0 Å². The number of amides is 1. The first kappa shape index (κ1) is 17.9. The van der Waals surface area contributed by atoms with Gasteiger partial charge in [0.05, 0.1) is 0 Å². The van der Waals surface area contributed by atoms with Crippen molar-refractivity contribution in [3.05, 3.63) is 65.7 Å². The Morgan fingerprint density at radius 2 is 1.62 bits per heavy atom. The number of hydrogen-bond donors (Lipinski definition) is 2. The van der Waals surface area contributed by atoms with Crippen LogP contribution >= 0.6 is 0 Å². The van der Waals surface area contributed by atoms with Crippen LogP contribution in [0.5, 0.6) is 5.75 Å². The lowest BCUT2D eigenvalue weighted by molar-refractivity contribution is -0.162. The summed E-state index contributed by atoms with van der Waals surface area (Å²) < 4.78 is 5.70. The predicted molar refractivity (Wildman–Crippen MR) is 94.9 cm³/mol. The van der Waals surface area contributed by atoms with E-state index in [-0.39, 0.29) is 31.8 Å². The van der Waals surface area contributed by atoms with Crippen molar-refractivity contribution >= 4 is 11.9 Å². The first-order valence-electron chi connectivity index (χ1n) is 8.50. The minimum Gasteiger partial charge on any atom is -0.489 e. The Kier molecular flexibility index (Phi) is 5.23. The molecule has 1 heterocycles. The molecule has 0 aliphatic carbocycles. The molecule has 0 radical (unpaired) electrons. The van der Waals surface area contributed by atoms with Crippen molar-refractivity contribution < 1.29 is 24.5 Å². The average molecular weight is 355 g/mol. The van der Waals surface area contributed by atoms with Gasteiger partial charge in [-0.1, -0.05) is 30.3 Å². The largest absolute Gasteiger partial charge is 0.489 e. The number of piperidine rings is 1. The Balaban J connectivity index is 1.57. The summed E-state index contributed by atoms with van der Waals surface area (Å²) in [6, 6.07) is 16.7. The van der Waals surface area contributed by atoms with Gasteiger partial charge in [0.25, 0.3) is 5.91 Å². The topological polar surface area (TPSA) is 87.1 Å². The quantitative estimate of drug-likeness (QED) is 0.859. The monoisotopic (exact) mass is 355 g/mol. The summed E-state index contributed by atoms with van der Waals surface area (Å²) in [4.78, 5) is 25.2. The zero-order chi connectivity index (χ0) is 18.6. The molecule has 1 fully saturated rings. The van der Waals surface area contributed by atoms with Crippen LogP contribution in [0.1, 0.15) is 28.8 Å². The van der Waals surface area contributed by atoms with Gasteiger partial charge in [-0.05, 0) is 29.8 Å². The lowest BCUT2D eigenvalue weighted by Crippen LogP contribution is -2.50. The molecule has 3 rings (SSSR count). The summed E-state index contributed by atoms with van der Waals surface area (Å²) in [5.41, 5.74) is -0.156. The fourth-order valence-electron chi connectivity index (χ4n) is 2.91. The van der Waals surface area contributed by atoms with Crippen LogP contribution in [-0.4, -0.2) is 45.7 Å². The van der Waals surface area contributed by atoms with Crippen molar-refractivity contribution in [1.29, 1.82) is 0 Å². The molecule has 0 spiro atoms. The molecule has 1 aliphatic rings. The van der Waals surface area contributed by atoms with Crippen molar-refractivity contribution in [3.8, 4) is 5.75 Å². The van der Waals surface area contributed by atoms with Gasteiger partial charge in [0.1, 0.15) is 12.4 Å². The number of carbonyl (C=O) groups is 2. The van der Waals surface area contributed by atoms with Crippen molar-refractivity contribution in [3.63, 3.8) is 0 Å². The molecule has 2 aromatic rings. The van der Waals surface area contributed by atoms with Crippen molar-refractivity contribution in [2.45, 2.75) is 25.0 Å². The third-order valence-electron chi connectivity index (χ3n) is 4.63. The normalized spacial score (nSPS) is 16.1. The molecule has 0 saturated carbocycles. The van der Waals surface area contributed by atoms with E-state index in [1.165, 1.54) is 0 Å². The van der Waals surface area contributed by atoms with Crippen molar-refractivity contribution in [2.75, 3.05) is 13.1 Å². The second-order valence-corrected chi connectivity index (χ2v) is 6.43. The summed E-state index contributed by atoms with van der Waals surface area (Å²) in [5, 5.41) is 19.0. The highest BCUT2D eigenvalue weighted by Gasteiger charge is 2.40. The molecule has 2 aromatic carbocycles. The van der Waals surface area contributed by atoms with Crippen LogP contribution in [0.2, 0.25) is 0 Å². The number of carboxylic acid groups (broad SMARTS) is 1. The zero-order valence-corrected chi connectivity index (χ0v) is 14.3. The van der Waals surface area contributed by atoms with Gasteiger partial charge in [0, 0.05) is 31.5 Å². The van der Waals surface area contributed by atoms with Crippen LogP contribution in [0.25, 0.3) is 0 Å². The highest BCUT2D eigenvalue weighted by molar-refractivity contribution is 5.94. The lowest BCUT2D eigenvalue weighted by Gasteiger charge is -2.35. The molecule has 26 heavy (non-hydrogen) atoms. The summed E-state index contributed by atoms with van der Waals surface area (Å²) in [6.45, 7) is 0.885. The summed E-state index contributed by atoms with van der Waals surface area (Å²) >= 11 is 0. The number of carbonyl (C=O) groups excluding carboxylic acids is 1. The maximum Gasteiger partial charge on any atom is 0.335 e. The Bertz CT molecular complexity index is 765. The minimum atomic E-state index is -1.73. The molecule has 0 aromatic heterocycles. The van der Waals surface area contributed by atoms with Crippen LogP contribution in [0.4, 0.5) is 0 Å². The second-order valence-electron chi connectivity index (χ2n) is 6.43. The number of nitrogens with zero attached hydrogens (tertiary/aromatic N) is 1. The predicted octanol–water partition coefficient (Wildman–Crippen LogP) is 2.32. The van der Waals surface area contributed by atoms with Gasteiger partial charge in [0.15, 0.2) is 5.60 Å². The molecule has 1 aliphatic heterocycles. The van der Waals surface area contributed by atoms with E-state index in [1.807, 2.05) is 30.3 Å². The van der Waals surface area contributed by atoms with E-state index in [2.05, 4.69) is 0 Å². The minimum absolute atomic E-state index is 0.0341. The van der Waals surface area contributed by atoms with Crippen LogP contribution in [0.3, 0.4) is 0 Å². The van der Waals surface area contributed by atoms with E-state index in [0.29, 0.717) is 17.9 Å². The van der Waals surface area contributed by atoms with E-state index in [4.69, 9.17) is 9.84 Å². The maximum atomic E-state index is 12.5. The number of rotatable bonds is 5. The smallest absolute Gasteiger partial charge is 0.335 e. The zero-order valence-electron chi connectivity index (χ0n) is 14.3. The SMILES string of the molecule is O=C(c1ccc(OCc2ccccc2)cc1)N1CCC(O)(C(=O)O)CC1. The molecule has 0 unspecified atom stereocenters. The van der Waals surface area contributed by atoms with E-state index in [9.17, 15) is 14.7 Å². The van der Waals surface area contributed by atoms with Gasteiger partial charge >= 0.3 is 5.97 Å². The van der Waals surface area contributed by atoms with Crippen LogP contribution < -0.4 is 4.74 Å². The number of aliphatic hydroxyl groups is 1. The molecule has 1 saturated heterocycles. The highest BCUT2D eigenvalue weighted by atomic mass is 16.5. The molecule has 1 amide bonds. The molecule has 6 nitrogen and oxygen atoms in total. The van der Waals surface area contributed by atoms with E-state index < -0.39 is 11.6 Å². The van der Waals surface area contributed by atoms with Crippen molar-refractivity contribution in [2.24, 2.45) is 0 Å². The summed E-state index contributed by atoms with van der Waals surface area (Å²) in [5.74, 6) is -0.735. The Labute approximate surface area is 151 Å². The van der Waals surface area contributed by atoms with E-state index in [0.717, 1.165) is 5.56 Å². The number of benzene rings is 2. The van der Waals surface area contributed by atoms with Gasteiger partial charge in [-0.25, -0.2) is 4.79 Å². The highest BCUT2D eigenvalue weighted by Crippen LogP contribution is 2.24. The fraction of sp³-hybridized carbons (Fsp3) is 0.300. The standard InChI is InChI=1S/C20H21NO5/c22-18(21-12-10-20(25,11-13-21)19(23)24)16-6-8-17(9-7-16)26-14-15-4-2-1-3-5-15/h1-9,25H,10-14H2,(H,23,24). The second kappa shape index (κ2) is 7.58. The third kappa shape index (κ3) is 4.03. The van der Waals surface area contributed by atoms with Crippen molar-refractivity contribution in [1.82, 2.24) is 4.90 Å². The Hall–Kier alpha value is -2.86. The Morgan fingerprint density at radius 1 is 1.00 bits per heavy atom. The average Bonchev–Trinajstić information content (AvgIpc) is 2.67. The lowest BCUT2D eigenvalue weighted by atomic mass is 9.91. The van der Waals surface area contributed by atoms with Gasteiger partial charge in [-0.2, -0.15) is 0 Å². The maximum absolute atomic E-state index is 12.5. The molecule has 0 atom stereocenters. The number of hydrogen-bond acceptors (Lipinski definition) is 4. The Morgan fingerprint density at radius 3 is 2.19 bits per heavy atom. The first-order chi connectivity index (χ1) is 12.5. The number of ether oxygens (including phenoxy) is 1. The van der Waals surface area contributed by atoms with Gasteiger partial charge in [-0.3, -0.25) is 4.79 Å². The molecule has 136 valence electrons. The fourth-order valence-corrected chi connectivity index (χ4v) is 2.91. The number of carboxylic acids is 1. The van der Waals surface area contributed by atoms with E-state index >= 15 is 0 Å². The summed E-state index contributed by atoms with van der Waals surface area (Å²) in [7, 11) is 0. The first-order valence-corrected chi connectivity index (χ1v) is 8.50. The van der Waals surface area contributed by atoms with Gasteiger partial charge < -0.3 is 19.8 Å². The summed E-state index contributed by atoms with van der Waals surface area (Å²) in [6.07, 6.45) is 0.0681. The van der Waals surface area contributed by atoms with Crippen LogP contribution in [0.15, 0.2) is 54.6 Å². The molecular weight excluding hydrogens is 334 g/mol.